The third-order valence-electron chi connectivity index (χ3n) is 3.78. The van der Waals surface area contributed by atoms with Gasteiger partial charge in [0.25, 0.3) is 5.22 Å². The Morgan fingerprint density at radius 1 is 1.12 bits per heavy atom. The number of fused-ring (bicyclic) bond motifs is 2. The van der Waals surface area contributed by atoms with Gasteiger partial charge in [-0.15, -0.1) is 0 Å². The van der Waals surface area contributed by atoms with E-state index in [0.29, 0.717) is 27.9 Å². The average Bonchev–Trinajstić information content (AvgIpc) is 3.09. The predicted octanol–water partition coefficient (Wildman–Crippen LogP) is 4.12. The molecule has 0 aliphatic heterocycles. The lowest BCUT2D eigenvalue weighted by atomic mass is 10.2. The van der Waals surface area contributed by atoms with Crippen LogP contribution in [0.5, 0.6) is 5.88 Å². The highest BCUT2D eigenvalue weighted by Gasteiger charge is 2.11. The molecule has 0 spiro atoms. The van der Waals surface area contributed by atoms with E-state index < -0.39 is 0 Å². The van der Waals surface area contributed by atoms with Crippen molar-refractivity contribution >= 4 is 45.4 Å². The SMILES string of the molecule is COc1ccc2cccc(NC(=O)CSc3nc4ccccc4o3)c2n1. The van der Waals surface area contributed by atoms with Crippen LogP contribution in [0.15, 0.2) is 64.2 Å². The number of nitrogens with one attached hydrogen (secondary N) is 1. The molecule has 0 unspecified atom stereocenters. The zero-order chi connectivity index (χ0) is 17.9. The van der Waals surface area contributed by atoms with E-state index in [9.17, 15) is 4.79 Å². The van der Waals surface area contributed by atoms with E-state index in [2.05, 4.69) is 15.3 Å². The van der Waals surface area contributed by atoms with E-state index >= 15 is 0 Å². The second-order valence-electron chi connectivity index (χ2n) is 5.52. The third-order valence-corrected chi connectivity index (χ3v) is 4.61. The third kappa shape index (κ3) is 3.34. The Hall–Kier alpha value is -3.06. The zero-order valence-electron chi connectivity index (χ0n) is 13.9. The van der Waals surface area contributed by atoms with Gasteiger partial charge in [0.05, 0.1) is 24.1 Å². The molecule has 1 N–H and O–H groups in total. The van der Waals surface area contributed by atoms with Crippen LogP contribution >= 0.6 is 11.8 Å². The maximum atomic E-state index is 12.3. The predicted molar refractivity (Wildman–Crippen MR) is 102 cm³/mol. The van der Waals surface area contributed by atoms with Crippen molar-refractivity contribution in [1.29, 1.82) is 0 Å². The van der Waals surface area contributed by atoms with Crippen molar-refractivity contribution in [2.45, 2.75) is 5.22 Å². The van der Waals surface area contributed by atoms with E-state index in [0.717, 1.165) is 10.9 Å². The number of carbonyl (C=O) groups is 1. The summed E-state index contributed by atoms with van der Waals surface area (Å²) in [4.78, 5) is 21.1. The van der Waals surface area contributed by atoms with Crippen LogP contribution in [0, 0.1) is 0 Å². The summed E-state index contributed by atoms with van der Waals surface area (Å²) in [6.45, 7) is 0. The summed E-state index contributed by atoms with van der Waals surface area (Å²) in [5, 5.41) is 4.29. The van der Waals surface area contributed by atoms with Gasteiger partial charge in [-0.1, -0.05) is 36.0 Å². The number of carbonyl (C=O) groups excluding carboxylic acids is 1. The Morgan fingerprint density at radius 2 is 2.00 bits per heavy atom. The molecule has 4 aromatic rings. The first-order valence-electron chi connectivity index (χ1n) is 7.95. The van der Waals surface area contributed by atoms with Crippen molar-refractivity contribution in [3.05, 3.63) is 54.6 Å². The van der Waals surface area contributed by atoms with Crippen LogP contribution in [-0.4, -0.2) is 28.7 Å². The summed E-state index contributed by atoms with van der Waals surface area (Å²) < 4.78 is 10.8. The number of thioether (sulfide) groups is 1. The molecular weight excluding hydrogens is 350 g/mol. The van der Waals surface area contributed by atoms with Gasteiger partial charge < -0.3 is 14.5 Å². The van der Waals surface area contributed by atoms with E-state index in [1.54, 1.807) is 13.2 Å². The molecule has 0 aliphatic carbocycles. The van der Waals surface area contributed by atoms with Crippen LogP contribution in [0.2, 0.25) is 0 Å². The number of para-hydroxylation sites is 3. The number of rotatable bonds is 5. The molecule has 0 fully saturated rings. The lowest BCUT2D eigenvalue weighted by molar-refractivity contribution is -0.113. The number of aromatic nitrogens is 2. The minimum atomic E-state index is -0.158. The monoisotopic (exact) mass is 365 g/mol. The molecule has 2 aromatic heterocycles. The molecule has 0 bridgehead atoms. The second kappa shape index (κ2) is 7.05. The number of nitrogens with zero attached hydrogens (tertiary/aromatic N) is 2. The average molecular weight is 365 g/mol. The molecule has 0 aliphatic rings. The number of hydrogen-bond donors (Lipinski definition) is 1. The highest BCUT2D eigenvalue weighted by atomic mass is 32.2. The molecule has 26 heavy (non-hydrogen) atoms. The minimum absolute atomic E-state index is 0.158. The fourth-order valence-corrected chi connectivity index (χ4v) is 3.21. The maximum Gasteiger partial charge on any atom is 0.257 e. The van der Waals surface area contributed by atoms with Crippen LogP contribution in [0.25, 0.3) is 22.0 Å². The van der Waals surface area contributed by atoms with Crippen LogP contribution in [0.4, 0.5) is 5.69 Å². The molecule has 0 saturated heterocycles. The molecule has 7 heteroatoms. The molecule has 130 valence electrons. The van der Waals surface area contributed by atoms with Gasteiger partial charge in [0, 0.05) is 11.5 Å². The Bertz CT molecular complexity index is 1060. The highest BCUT2D eigenvalue weighted by molar-refractivity contribution is 7.99. The molecule has 0 saturated carbocycles. The summed E-state index contributed by atoms with van der Waals surface area (Å²) >= 11 is 1.25. The van der Waals surface area contributed by atoms with Crippen LogP contribution in [0.3, 0.4) is 0 Å². The number of ether oxygens (including phenoxy) is 1. The van der Waals surface area contributed by atoms with E-state index in [-0.39, 0.29) is 11.7 Å². The number of oxazole rings is 1. The molecule has 0 atom stereocenters. The van der Waals surface area contributed by atoms with Crippen LogP contribution in [-0.2, 0) is 4.79 Å². The van der Waals surface area contributed by atoms with Crippen LogP contribution < -0.4 is 10.1 Å². The van der Waals surface area contributed by atoms with Gasteiger partial charge in [0.15, 0.2) is 5.58 Å². The van der Waals surface area contributed by atoms with Crippen molar-refractivity contribution in [2.75, 3.05) is 18.2 Å². The first kappa shape index (κ1) is 16.4. The Labute approximate surface area is 153 Å². The molecule has 0 radical (unpaired) electrons. The quantitative estimate of drug-likeness (QED) is 0.536. The Kier molecular flexibility index (Phi) is 4.45. The van der Waals surface area contributed by atoms with Crippen molar-refractivity contribution in [2.24, 2.45) is 0 Å². The van der Waals surface area contributed by atoms with Gasteiger partial charge in [-0.2, -0.15) is 0 Å². The van der Waals surface area contributed by atoms with Gasteiger partial charge in [-0.3, -0.25) is 4.79 Å². The molecular formula is C19H15N3O3S. The Balaban J connectivity index is 1.48. The zero-order valence-corrected chi connectivity index (χ0v) is 14.7. The summed E-state index contributed by atoms with van der Waals surface area (Å²) in [5.41, 5.74) is 2.82. The van der Waals surface area contributed by atoms with Crippen molar-refractivity contribution in [1.82, 2.24) is 9.97 Å². The second-order valence-corrected chi connectivity index (χ2v) is 6.44. The summed E-state index contributed by atoms with van der Waals surface area (Å²) in [5.74, 6) is 0.530. The first-order valence-corrected chi connectivity index (χ1v) is 8.93. The Morgan fingerprint density at radius 3 is 2.85 bits per heavy atom. The summed E-state index contributed by atoms with van der Waals surface area (Å²) in [7, 11) is 1.56. The maximum absolute atomic E-state index is 12.3. The van der Waals surface area contributed by atoms with Gasteiger partial charge in [-0.05, 0) is 24.3 Å². The first-order chi connectivity index (χ1) is 12.7. The van der Waals surface area contributed by atoms with Crippen molar-refractivity contribution in [3.63, 3.8) is 0 Å². The summed E-state index contributed by atoms with van der Waals surface area (Å²) in [6, 6.07) is 16.8. The highest BCUT2D eigenvalue weighted by Crippen LogP contribution is 2.26. The topological polar surface area (TPSA) is 77.2 Å². The van der Waals surface area contributed by atoms with Gasteiger partial charge in [0.1, 0.15) is 5.52 Å². The van der Waals surface area contributed by atoms with Crippen molar-refractivity contribution in [3.8, 4) is 5.88 Å². The standard InChI is InChI=1S/C19H15N3O3S/c1-24-17-10-9-12-5-4-7-14(18(12)22-17)20-16(23)11-26-19-21-13-6-2-3-8-15(13)25-19/h2-10H,11H2,1H3,(H,20,23). The lowest BCUT2D eigenvalue weighted by Crippen LogP contribution is -2.14. The fourth-order valence-electron chi connectivity index (χ4n) is 2.57. The van der Waals surface area contributed by atoms with Gasteiger partial charge in [-0.25, -0.2) is 9.97 Å². The van der Waals surface area contributed by atoms with Gasteiger partial charge >= 0.3 is 0 Å². The molecule has 2 aromatic carbocycles. The molecule has 4 rings (SSSR count). The number of benzene rings is 2. The molecule has 6 nitrogen and oxygen atoms in total. The normalized spacial score (nSPS) is 11.0. The minimum Gasteiger partial charge on any atom is -0.481 e. The van der Waals surface area contributed by atoms with E-state index in [4.69, 9.17) is 9.15 Å². The van der Waals surface area contributed by atoms with Gasteiger partial charge in [0.2, 0.25) is 11.8 Å². The van der Waals surface area contributed by atoms with E-state index in [1.807, 2.05) is 48.5 Å². The number of amides is 1. The van der Waals surface area contributed by atoms with Crippen LogP contribution in [0.1, 0.15) is 0 Å². The molecule has 2 heterocycles. The molecule has 1 amide bonds. The number of hydrogen-bond acceptors (Lipinski definition) is 6. The number of pyridine rings is 1. The fraction of sp³-hybridized carbons (Fsp3) is 0.105. The summed E-state index contributed by atoms with van der Waals surface area (Å²) in [6.07, 6.45) is 0. The number of methoxy groups -OCH3 is 1. The largest absolute Gasteiger partial charge is 0.481 e. The number of anilines is 1. The smallest absolute Gasteiger partial charge is 0.257 e. The lowest BCUT2D eigenvalue weighted by Gasteiger charge is -2.08. The van der Waals surface area contributed by atoms with E-state index in [1.165, 1.54) is 11.8 Å². The van der Waals surface area contributed by atoms with Crippen molar-refractivity contribution < 1.29 is 13.9 Å².